The van der Waals surface area contributed by atoms with E-state index in [2.05, 4.69) is 15.3 Å². The Kier molecular flexibility index (Phi) is 5.08. The Morgan fingerprint density at radius 3 is 2.66 bits per heavy atom. The van der Waals surface area contributed by atoms with Crippen molar-refractivity contribution in [1.29, 1.82) is 0 Å². The standard InChI is InChI=1S/C23H20FN3O2/c1-14-15(2)27-22-19(12-17(24)13-20(22)26-14)23(28)25-10-11-29-21-9-5-7-16-6-3-4-8-18(16)21/h3-9,12-13H,10-11H2,1-2H3,(H,25,28). The van der Waals surface area contributed by atoms with Crippen LogP contribution in [0.3, 0.4) is 0 Å². The maximum Gasteiger partial charge on any atom is 0.253 e. The molecule has 0 unspecified atom stereocenters. The largest absolute Gasteiger partial charge is 0.491 e. The van der Waals surface area contributed by atoms with Crippen molar-refractivity contribution in [3.05, 3.63) is 77.4 Å². The summed E-state index contributed by atoms with van der Waals surface area (Å²) in [7, 11) is 0. The average molecular weight is 389 g/mol. The quantitative estimate of drug-likeness (QED) is 0.516. The molecule has 29 heavy (non-hydrogen) atoms. The third kappa shape index (κ3) is 3.87. The third-order valence-electron chi connectivity index (χ3n) is 4.79. The van der Waals surface area contributed by atoms with Crippen molar-refractivity contribution in [2.24, 2.45) is 0 Å². The van der Waals surface area contributed by atoms with Crippen molar-refractivity contribution in [3.63, 3.8) is 0 Å². The van der Waals surface area contributed by atoms with E-state index in [1.54, 1.807) is 6.92 Å². The zero-order chi connectivity index (χ0) is 20.4. The molecule has 0 spiro atoms. The van der Waals surface area contributed by atoms with Crippen molar-refractivity contribution in [3.8, 4) is 5.75 Å². The van der Waals surface area contributed by atoms with Gasteiger partial charge < -0.3 is 10.1 Å². The van der Waals surface area contributed by atoms with Gasteiger partial charge in [0, 0.05) is 11.5 Å². The first-order chi connectivity index (χ1) is 14.0. The van der Waals surface area contributed by atoms with E-state index in [4.69, 9.17) is 4.74 Å². The fourth-order valence-corrected chi connectivity index (χ4v) is 3.21. The summed E-state index contributed by atoms with van der Waals surface area (Å²) in [5, 5.41) is 4.87. The molecule has 0 radical (unpaired) electrons. The maximum absolute atomic E-state index is 14.0. The molecule has 0 aliphatic heterocycles. The molecular weight excluding hydrogens is 369 g/mol. The number of hydrogen-bond donors (Lipinski definition) is 1. The van der Waals surface area contributed by atoms with Gasteiger partial charge in [0.1, 0.15) is 23.7 Å². The molecule has 0 saturated heterocycles. The number of amides is 1. The monoisotopic (exact) mass is 389 g/mol. The summed E-state index contributed by atoms with van der Waals surface area (Å²) >= 11 is 0. The van der Waals surface area contributed by atoms with Crippen LogP contribution in [-0.2, 0) is 0 Å². The average Bonchev–Trinajstić information content (AvgIpc) is 2.72. The lowest BCUT2D eigenvalue weighted by molar-refractivity contribution is 0.0948. The predicted octanol–water partition coefficient (Wildman–Crippen LogP) is 4.35. The Hall–Kier alpha value is -3.54. The molecule has 1 heterocycles. The molecular formula is C23H20FN3O2. The van der Waals surface area contributed by atoms with Gasteiger partial charge >= 0.3 is 0 Å². The zero-order valence-electron chi connectivity index (χ0n) is 16.2. The van der Waals surface area contributed by atoms with Crippen molar-refractivity contribution >= 4 is 27.7 Å². The summed E-state index contributed by atoms with van der Waals surface area (Å²) < 4.78 is 19.8. The lowest BCUT2D eigenvalue weighted by atomic mass is 10.1. The number of hydrogen-bond acceptors (Lipinski definition) is 4. The van der Waals surface area contributed by atoms with Gasteiger partial charge in [-0.05, 0) is 31.4 Å². The Balaban J connectivity index is 1.47. The summed E-state index contributed by atoms with van der Waals surface area (Å²) in [5.74, 6) is -0.175. The van der Waals surface area contributed by atoms with Gasteiger partial charge in [0.2, 0.25) is 0 Å². The van der Waals surface area contributed by atoms with Crippen LogP contribution in [0, 0.1) is 19.7 Å². The van der Waals surface area contributed by atoms with Crippen LogP contribution < -0.4 is 10.1 Å². The molecule has 0 bridgehead atoms. The van der Waals surface area contributed by atoms with Crippen molar-refractivity contribution in [2.45, 2.75) is 13.8 Å². The highest BCUT2D eigenvalue weighted by atomic mass is 19.1. The molecule has 0 atom stereocenters. The summed E-state index contributed by atoms with van der Waals surface area (Å²) in [6.45, 7) is 4.18. The third-order valence-corrected chi connectivity index (χ3v) is 4.79. The van der Waals surface area contributed by atoms with Crippen LogP contribution in [0.1, 0.15) is 21.7 Å². The molecule has 1 aromatic heterocycles. The van der Waals surface area contributed by atoms with Gasteiger partial charge in [-0.15, -0.1) is 0 Å². The zero-order valence-corrected chi connectivity index (χ0v) is 16.2. The summed E-state index contributed by atoms with van der Waals surface area (Å²) in [4.78, 5) is 21.4. The molecule has 1 N–H and O–H groups in total. The number of rotatable bonds is 5. The molecule has 0 aliphatic carbocycles. The van der Waals surface area contributed by atoms with E-state index in [0.29, 0.717) is 22.4 Å². The maximum atomic E-state index is 14.0. The number of aromatic nitrogens is 2. The first-order valence-electron chi connectivity index (χ1n) is 9.36. The van der Waals surface area contributed by atoms with Gasteiger partial charge in [0.15, 0.2) is 0 Å². The van der Waals surface area contributed by atoms with Crippen LogP contribution in [0.25, 0.3) is 21.8 Å². The second kappa shape index (κ2) is 7.83. The highest BCUT2D eigenvalue weighted by Crippen LogP contribution is 2.25. The van der Waals surface area contributed by atoms with Gasteiger partial charge in [0.05, 0.1) is 29.0 Å². The number of nitrogens with one attached hydrogen (secondary N) is 1. The summed E-state index contributed by atoms with van der Waals surface area (Å²) in [6.07, 6.45) is 0. The predicted molar refractivity (Wildman–Crippen MR) is 111 cm³/mol. The first kappa shape index (κ1) is 18.8. The van der Waals surface area contributed by atoms with Gasteiger partial charge in [-0.2, -0.15) is 0 Å². The van der Waals surface area contributed by atoms with Crippen LogP contribution >= 0.6 is 0 Å². The molecule has 1 amide bonds. The molecule has 4 aromatic rings. The minimum atomic E-state index is -0.521. The number of aryl methyl sites for hydroxylation is 2. The van der Waals surface area contributed by atoms with E-state index in [-0.39, 0.29) is 18.7 Å². The fourth-order valence-electron chi connectivity index (χ4n) is 3.21. The van der Waals surface area contributed by atoms with E-state index in [0.717, 1.165) is 16.5 Å². The summed E-state index contributed by atoms with van der Waals surface area (Å²) in [5.41, 5.74) is 2.34. The Bertz CT molecular complexity index is 1220. The smallest absolute Gasteiger partial charge is 0.253 e. The molecule has 3 aromatic carbocycles. The molecule has 0 fully saturated rings. The van der Waals surface area contributed by atoms with Crippen LogP contribution in [0.4, 0.5) is 4.39 Å². The second-order valence-corrected chi connectivity index (χ2v) is 6.80. The van der Waals surface area contributed by atoms with Crippen molar-refractivity contribution in [1.82, 2.24) is 15.3 Å². The minimum Gasteiger partial charge on any atom is -0.491 e. The van der Waals surface area contributed by atoms with E-state index >= 15 is 0 Å². The Morgan fingerprint density at radius 2 is 1.79 bits per heavy atom. The Labute approximate surface area is 167 Å². The number of nitrogens with zero attached hydrogens (tertiary/aromatic N) is 2. The molecule has 0 saturated carbocycles. The number of carbonyl (C=O) groups is 1. The number of fused-ring (bicyclic) bond motifs is 2. The van der Waals surface area contributed by atoms with E-state index < -0.39 is 11.7 Å². The van der Waals surface area contributed by atoms with Crippen molar-refractivity contribution < 1.29 is 13.9 Å². The SMILES string of the molecule is Cc1nc2cc(F)cc(C(=O)NCCOc3cccc4ccccc34)c2nc1C. The molecule has 0 aliphatic rings. The molecule has 5 nitrogen and oxygen atoms in total. The van der Waals surface area contributed by atoms with E-state index in [1.807, 2.05) is 49.4 Å². The van der Waals surface area contributed by atoms with Crippen LogP contribution in [-0.4, -0.2) is 29.0 Å². The highest BCUT2D eigenvalue weighted by molar-refractivity contribution is 6.04. The second-order valence-electron chi connectivity index (χ2n) is 6.80. The minimum absolute atomic E-state index is 0.167. The molecule has 146 valence electrons. The number of ether oxygens (including phenoxy) is 1. The van der Waals surface area contributed by atoms with Gasteiger partial charge in [-0.25, -0.2) is 14.4 Å². The molecule has 6 heteroatoms. The lowest BCUT2D eigenvalue weighted by Crippen LogP contribution is -2.28. The number of carbonyl (C=O) groups excluding carboxylic acids is 1. The fraction of sp³-hybridized carbons (Fsp3) is 0.174. The highest BCUT2D eigenvalue weighted by Gasteiger charge is 2.15. The van der Waals surface area contributed by atoms with Gasteiger partial charge in [-0.3, -0.25) is 4.79 Å². The van der Waals surface area contributed by atoms with Crippen LogP contribution in [0.5, 0.6) is 5.75 Å². The first-order valence-corrected chi connectivity index (χ1v) is 9.36. The lowest BCUT2D eigenvalue weighted by Gasteiger charge is -2.11. The number of benzene rings is 3. The summed E-state index contributed by atoms with van der Waals surface area (Å²) in [6, 6.07) is 16.3. The topological polar surface area (TPSA) is 64.1 Å². The van der Waals surface area contributed by atoms with E-state index in [9.17, 15) is 9.18 Å². The normalized spacial score (nSPS) is 11.0. The number of halogens is 1. The van der Waals surface area contributed by atoms with Gasteiger partial charge in [0.25, 0.3) is 5.91 Å². The molecule has 4 rings (SSSR count). The van der Waals surface area contributed by atoms with Crippen LogP contribution in [0.15, 0.2) is 54.6 Å². The van der Waals surface area contributed by atoms with Gasteiger partial charge in [-0.1, -0.05) is 36.4 Å². The van der Waals surface area contributed by atoms with E-state index in [1.165, 1.54) is 12.1 Å². The van der Waals surface area contributed by atoms with Crippen LogP contribution in [0.2, 0.25) is 0 Å². The Morgan fingerprint density at radius 1 is 1.03 bits per heavy atom. The van der Waals surface area contributed by atoms with Crippen molar-refractivity contribution in [2.75, 3.05) is 13.2 Å².